The number of H-pyrrole nitrogens is 1. The number of aromatic nitrogens is 1. The average Bonchev–Trinajstić information content (AvgIpc) is 3.32. The zero-order valence-electron chi connectivity index (χ0n) is 15.3. The van der Waals surface area contributed by atoms with Gasteiger partial charge in [-0.3, -0.25) is 0 Å². The summed E-state index contributed by atoms with van der Waals surface area (Å²) in [4.78, 5) is 3.23. The molecule has 0 spiro atoms. The van der Waals surface area contributed by atoms with E-state index in [4.69, 9.17) is 4.74 Å². The van der Waals surface area contributed by atoms with Gasteiger partial charge in [0, 0.05) is 41.8 Å². The van der Waals surface area contributed by atoms with Gasteiger partial charge in [-0.15, -0.1) is 0 Å². The molecule has 2 aromatic carbocycles. The molecule has 3 N–H and O–H groups in total. The van der Waals surface area contributed by atoms with Crippen molar-refractivity contribution in [3.63, 3.8) is 0 Å². The molecule has 0 amide bonds. The van der Waals surface area contributed by atoms with E-state index in [9.17, 15) is 4.39 Å². The van der Waals surface area contributed by atoms with Crippen molar-refractivity contribution in [2.75, 3.05) is 13.2 Å². The van der Waals surface area contributed by atoms with E-state index in [2.05, 4.69) is 27.8 Å². The fourth-order valence-corrected chi connectivity index (χ4v) is 4.36. The van der Waals surface area contributed by atoms with Gasteiger partial charge in [0.05, 0.1) is 0 Å². The predicted octanol–water partition coefficient (Wildman–Crippen LogP) is 3.44. The van der Waals surface area contributed by atoms with Crippen LogP contribution in [0.3, 0.4) is 0 Å². The SMILES string of the molecule is Fc1ccc2[nH]cc(CCCNC3COc4ccc5c(c4C3)CNC5)c2c1. The summed E-state index contributed by atoms with van der Waals surface area (Å²) in [5.74, 6) is 0.873. The van der Waals surface area contributed by atoms with Crippen molar-refractivity contribution in [3.8, 4) is 5.75 Å². The second-order valence-electron chi connectivity index (χ2n) is 7.56. The molecule has 5 heteroatoms. The monoisotopic (exact) mass is 365 g/mol. The van der Waals surface area contributed by atoms with Crippen LogP contribution in [0.4, 0.5) is 4.39 Å². The van der Waals surface area contributed by atoms with E-state index in [1.165, 1.54) is 28.3 Å². The molecule has 0 radical (unpaired) electrons. The second-order valence-corrected chi connectivity index (χ2v) is 7.56. The number of ether oxygens (including phenoxy) is 1. The smallest absolute Gasteiger partial charge is 0.123 e. The molecule has 2 aliphatic rings. The van der Waals surface area contributed by atoms with Gasteiger partial charge in [0.15, 0.2) is 0 Å². The lowest BCUT2D eigenvalue weighted by atomic mass is 9.95. The first-order chi connectivity index (χ1) is 13.3. The van der Waals surface area contributed by atoms with Crippen molar-refractivity contribution in [1.29, 1.82) is 0 Å². The van der Waals surface area contributed by atoms with Crippen LogP contribution in [0.25, 0.3) is 10.9 Å². The zero-order chi connectivity index (χ0) is 18.2. The number of fused-ring (bicyclic) bond motifs is 4. The van der Waals surface area contributed by atoms with Crippen LogP contribution in [0.15, 0.2) is 36.5 Å². The molecule has 2 aliphatic heterocycles. The van der Waals surface area contributed by atoms with Crippen LogP contribution in [0.1, 0.15) is 28.7 Å². The first kappa shape index (κ1) is 16.8. The molecule has 3 aromatic rings. The maximum atomic E-state index is 13.5. The summed E-state index contributed by atoms with van der Waals surface area (Å²) in [7, 11) is 0. The van der Waals surface area contributed by atoms with Crippen molar-refractivity contribution in [2.24, 2.45) is 0 Å². The number of hydrogen-bond acceptors (Lipinski definition) is 3. The molecule has 5 rings (SSSR count). The van der Waals surface area contributed by atoms with Crippen molar-refractivity contribution in [1.82, 2.24) is 15.6 Å². The number of rotatable bonds is 5. The van der Waals surface area contributed by atoms with Crippen molar-refractivity contribution in [2.45, 2.75) is 38.4 Å². The maximum Gasteiger partial charge on any atom is 0.123 e. The minimum absolute atomic E-state index is 0.179. The average molecular weight is 365 g/mol. The summed E-state index contributed by atoms with van der Waals surface area (Å²) in [6, 6.07) is 9.58. The quantitative estimate of drug-likeness (QED) is 0.607. The van der Waals surface area contributed by atoms with Crippen LogP contribution in [0, 0.1) is 5.82 Å². The molecule has 1 aromatic heterocycles. The molecule has 140 valence electrons. The fraction of sp³-hybridized carbons (Fsp3) is 0.364. The van der Waals surface area contributed by atoms with E-state index >= 15 is 0 Å². The highest BCUT2D eigenvalue weighted by molar-refractivity contribution is 5.83. The highest BCUT2D eigenvalue weighted by atomic mass is 19.1. The van der Waals surface area contributed by atoms with Gasteiger partial charge in [0.25, 0.3) is 0 Å². The third-order valence-corrected chi connectivity index (χ3v) is 5.78. The Morgan fingerprint density at radius 2 is 2.11 bits per heavy atom. The Morgan fingerprint density at radius 1 is 1.15 bits per heavy atom. The van der Waals surface area contributed by atoms with Crippen LogP contribution < -0.4 is 15.4 Å². The van der Waals surface area contributed by atoms with Crippen LogP contribution in [0.5, 0.6) is 5.75 Å². The lowest BCUT2D eigenvalue weighted by Crippen LogP contribution is -2.40. The number of halogens is 1. The van der Waals surface area contributed by atoms with Gasteiger partial charge >= 0.3 is 0 Å². The number of hydrogen-bond donors (Lipinski definition) is 3. The lowest BCUT2D eigenvalue weighted by molar-refractivity contribution is 0.238. The highest BCUT2D eigenvalue weighted by Crippen LogP contribution is 2.32. The Kier molecular flexibility index (Phi) is 4.34. The maximum absolute atomic E-state index is 13.5. The largest absolute Gasteiger partial charge is 0.492 e. The summed E-state index contributed by atoms with van der Waals surface area (Å²) >= 11 is 0. The standard InChI is InChI=1S/C22H24FN3O/c23-16-4-5-21-18(8-16)14(11-26-21)2-1-7-25-17-9-19-20-12-24-10-15(20)3-6-22(19)27-13-17/h3-6,8,11,17,24-26H,1-2,7,9-10,12-13H2. The van der Waals surface area contributed by atoms with Crippen LogP contribution in [-0.4, -0.2) is 24.2 Å². The van der Waals surface area contributed by atoms with E-state index in [1.54, 1.807) is 12.1 Å². The number of benzene rings is 2. The van der Waals surface area contributed by atoms with Gasteiger partial charge in [-0.2, -0.15) is 0 Å². The van der Waals surface area contributed by atoms with E-state index < -0.39 is 0 Å². The molecular formula is C22H24FN3O. The van der Waals surface area contributed by atoms with E-state index in [-0.39, 0.29) is 5.82 Å². The fourth-order valence-electron chi connectivity index (χ4n) is 4.36. The molecule has 0 aliphatic carbocycles. The van der Waals surface area contributed by atoms with Gasteiger partial charge in [-0.05, 0) is 66.8 Å². The summed E-state index contributed by atoms with van der Waals surface area (Å²) < 4.78 is 19.5. The van der Waals surface area contributed by atoms with E-state index in [0.29, 0.717) is 6.04 Å². The molecule has 0 fully saturated rings. The van der Waals surface area contributed by atoms with Crippen LogP contribution in [0.2, 0.25) is 0 Å². The topological polar surface area (TPSA) is 49.1 Å². The van der Waals surface area contributed by atoms with Gasteiger partial charge in [-0.1, -0.05) is 6.07 Å². The normalized spacial score (nSPS) is 18.3. The Balaban J connectivity index is 1.18. The molecule has 0 saturated carbocycles. The highest BCUT2D eigenvalue weighted by Gasteiger charge is 2.25. The van der Waals surface area contributed by atoms with Gasteiger partial charge in [0.2, 0.25) is 0 Å². The Hall–Kier alpha value is -2.37. The summed E-state index contributed by atoms with van der Waals surface area (Å²) in [5.41, 5.74) is 6.39. The first-order valence-corrected chi connectivity index (χ1v) is 9.74. The Labute approximate surface area is 158 Å². The van der Waals surface area contributed by atoms with Gasteiger partial charge in [-0.25, -0.2) is 4.39 Å². The summed E-state index contributed by atoms with van der Waals surface area (Å²) in [5, 5.41) is 8.07. The molecule has 3 heterocycles. The van der Waals surface area contributed by atoms with Crippen LogP contribution in [-0.2, 0) is 25.9 Å². The Morgan fingerprint density at radius 3 is 3.07 bits per heavy atom. The van der Waals surface area contributed by atoms with E-state index in [1.807, 2.05) is 6.20 Å². The molecule has 1 atom stereocenters. The van der Waals surface area contributed by atoms with Gasteiger partial charge < -0.3 is 20.4 Å². The third kappa shape index (κ3) is 3.22. The minimum Gasteiger partial charge on any atom is -0.492 e. The zero-order valence-corrected chi connectivity index (χ0v) is 15.3. The molecule has 27 heavy (non-hydrogen) atoms. The molecule has 4 nitrogen and oxygen atoms in total. The van der Waals surface area contributed by atoms with E-state index in [0.717, 1.165) is 62.2 Å². The van der Waals surface area contributed by atoms with Crippen molar-refractivity contribution >= 4 is 10.9 Å². The second kappa shape index (κ2) is 6.98. The summed E-state index contributed by atoms with van der Waals surface area (Å²) in [6.45, 7) is 3.56. The molecule has 1 unspecified atom stereocenters. The first-order valence-electron chi connectivity index (χ1n) is 9.74. The predicted molar refractivity (Wildman–Crippen MR) is 105 cm³/mol. The lowest BCUT2D eigenvalue weighted by Gasteiger charge is -2.28. The van der Waals surface area contributed by atoms with Crippen molar-refractivity contribution in [3.05, 3.63) is 64.6 Å². The van der Waals surface area contributed by atoms with Gasteiger partial charge in [0.1, 0.15) is 18.2 Å². The number of nitrogens with one attached hydrogen (secondary N) is 3. The third-order valence-electron chi connectivity index (χ3n) is 5.78. The van der Waals surface area contributed by atoms with Crippen molar-refractivity contribution < 1.29 is 9.13 Å². The molecule has 0 bridgehead atoms. The Bertz CT molecular complexity index is 981. The minimum atomic E-state index is -0.179. The number of aryl methyl sites for hydroxylation is 1. The molecular weight excluding hydrogens is 341 g/mol. The van der Waals surface area contributed by atoms with Crippen LogP contribution >= 0.6 is 0 Å². The summed E-state index contributed by atoms with van der Waals surface area (Å²) in [6.07, 6.45) is 4.97. The molecule has 0 saturated heterocycles. The number of aromatic amines is 1.